The minimum atomic E-state index is -0.639. The molecule has 6 aromatic carbocycles. The van der Waals surface area contributed by atoms with Crippen molar-refractivity contribution in [1.82, 2.24) is 10.3 Å². The molecule has 278 valence electrons. The molecule has 10 nitrogen and oxygen atoms in total. The second kappa shape index (κ2) is 17.4. The minimum Gasteiger partial charge on any atom is -0.497 e. The van der Waals surface area contributed by atoms with Crippen molar-refractivity contribution >= 4 is 58.0 Å². The molecule has 1 unspecified atom stereocenters. The van der Waals surface area contributed by atoms with Crippen molar-refractivity contribution in [3.05, 3.63) is 174 Å². The average molecular weight is 761 g/mol. The number of carbonyl (C=O) groups excluding carboxylic acids is 3. The molecule has 0 aliphatic heterocycles. The summed E-state index contributed by atoms with van der Waals surface area (Å²) in [5.74, 6) is 0.259. The van der Waals surface area contributed by atoms with Crippen LogP contribution < -0.4 is 25.4 Å². The van der Waals surface area contributed by atoms with Gasteiger partial charge in [-0.1, -0.05) is 66.7 Å². The van der Waals surface area contributed by atoms with Gasteiger partial charge in [0, 0.05) is 33.0 Å². The second-order valence-electron chi connectivity index (χ2n) is 12.4. The zero-order chi connectivity index (χ0) is 38.9. The Bertz CT molecular complexity index is 2490. The number of nitrogens with zero attached hydrogens (tertiary/aromatic N) is 1. The number of nitrogens with one attached hydrogen (secondary N) is 3. The zero-order valence-corrected chi connectivity index (χ0v) is 31.2. The summed E-state index contributed by atoms with van der Waals surface area (Å²) in [6.45, 7) is 0. The predicted molar refractivity (Wildman–Crippen MR) is 220 cm³/mol. The Morgan fingerprint density at radius 3 is 2.18 bits per heavy atom. The first kappa shape index (κ1) is 37.2. The first-order valence-corrected chi connectivity index (χ1v) is 18.4. The molecule has 0 bridgehead atoms. The number of hydrogen-bond donors (Lipinski definition) is 3. The van der Waals surface area contributed by atoms with Gasteiger partial charge in [0.25, 0.3) is 11.8 Å². The standard InChI is InChI=1S/C45H36N4O6S/c1-53-35-24-25-39(54-2)32(26-35)27-38(48-42(50)30-14-7-4-8-15-30)43(51)47-34-16-11-17-36(28-34)56-41(29-12-5-3-6-13-29)44(52)46-33-22-20-31(21-23-33)45-49-37-18-9-10-19-40(37)55-45/h3-28,41H,1-2H3,(H,46,52)(H,47,51)(H,48,50)/b38-27+. The van der Waals surface area contributed by atoms with E-state index in [1.54, 1.807) is 66.7 Å². The molecule has 7 aromatic rings. The van der Waals surface area contributed by atoms with Gasteiger partial charge in [-0.2, -0.15) is 0 Å². The van der Waals surface area contributed by atoms with Gasteiger partial charge < -0.3 is 29.8 Å². The van der Waals surface area contributed by atoms with Crippen LogP contribution in [0.15, 0.2) is 167 Å². The summed E-state index contributed by atoms with van der Waals surface area (Å²) in [4.78, 5) is 46.4. The number of fused-ring (bicyclic) bond motifs is 1. The van der Waals surface area contributed by atoms with Crippen molar-refractivity contribution in [3.8, 4) is 23.0 Å². The third-order valence-electron chi connectivity index (χ3n) is 8.65. The SMILES string of the molecule is COc1ccc(OC)c(/C=C(/NC(=O)c2ccccc2)C(=O)Nc2cccc(SC(C(=O)Nc3ccc(-c4nc5ccccc5o4)cc3)c3ccccc3)c2)c1. The van der Waals surface area contributed by atoms with E-state index in [0.29, 0.717) is 45.5 Å². The van der Waals surface area contributed by atoms with E-state index in [9.17, 15) is 14.4 Å². The van der Waals surface area contributed by atoms with Gasteiger partial charge in [0.2, 0.25) is 11.8 Å². The number of benzene rings is 6. The van der Waals surface area contributed by atoms with E-state index in [4.69, 9.17) is 13.9 Å². The van der Waals surface area contributed by atoms with Gasteiger partial charge in [0.1, 0.15) is 28.0 Å². The largest absolute Gasteiger partial charge is 0.497 e. The number of anilines is 2. The van der Waals surface area contributed by atoms with Crippen LogP contribution in [0.4, 0.5) is 11.4 Å². The maximum atomic E-state index is 13.9. The molecule has 0 saturated heterocycles. The first-order valence-electron chi connectivity index (χ1n) is 17.6. The summed E-state index contributed by atoms with van der Waals surface area (Å²) in [7, 11) is 3.06. The van der Waals surface area contributed by atoms with Crippen molar-refractivity contribution in [2.45, 2.75) is 10.1 Å². The van der Waals surface area contributed by atoms with E-state index in [1.807, 2.05) is 84.9 Å². The molecule has 1 heterocycles. The minimum absolute atomic E-state index is 0.0212. The van der Waals surface area contributed by atoms with Crippen molar-refractivity contribution in [1.29, 1.82) is 0 Å². The molecule has 0 saturated carbocycles. The van der Waals surface area contributed by atoms with Crippen LogP contribution in [0.5, 0.6) is 11.5 Å². The number of rotatable bonds is 13. The topological polar surface area (TPSA) is 132 Å². The number of aromatic nitrogens is 1. The molecular formula is C45H36N4O6S. The Morgan fingerprint density at radius 1 is 0.714 bits per heavy atom. The lowest BCUT2D eigenvalue weighted by molar-refractivity contribution is -0.116. The Hall–Kier alpha value is -7.11. The highest BCUT2D eigenvalue weighted by atomic mass is 32.2. The molecule has 0 aliphatic rings. The van der Waals surface area contributed by atoms with Crippen molar-refractivity contribution in [3.63, 3.8) is 0 Å². The highest BCUT2D eigenvalue weighted by molar-refractivity contribution is 8.00. The summed E-state index contributed by atoms with van der Waals surface area (Å²) < 4.78 is 16.8. The van der Waals surface area contributed by atoms with Crippen LogP contribution in [0.1, 0.15) is 26.7 Å². The van der Waals surface area contributed by atoms with E-state index >= 15 is 0 Å². The summed E-state index contributed by atoms with van der Waals surface area (Å²) >= 11 is 1.34. The summed E-state index contributed by atoms with van der Waals surface area (Å²) in [5.41, 5.74) is 5.01. The maximum Gasteiger partial charge on any atom is 0.272 e. The zero-order valence-electron chi connectivity index (χ0n) is 30.4. The Balaban J connectivity index is 1.11. The first-order chi connectivity index (χ1) is 27.4. The molecule has 7 rings (SSSR count). The average Bonchev–Trinajstić information content (AvgIpc) is 3.68. The summed E-state index contributed by atoms with van der Waals surface area (Å²) in [6.07, 6.45) is 1.53. The van der Waals surface area contributed by atoms with Gasteiger partial charge in [-0.15, -0.1) is 11.8 Å². The van der Waals surface area contributed by atoms with E-state index < -0.39 is 17.1 Å². The third kappa shape index (κ3) is 8.98. The molecule has 3 N–H and O–H groups in total. The highest BCUT2D eigenvalue weighted by Crippen LogP contribution is 2.37. The van der Waals surface area contributed by atoms with Gasteiger partial charge in [-0.3, -0.25) is 14.4 Å². The molecule has 0 spiro atoms. The Kier molecular flexibility index (Phi) is 11.5. The number of methoxy groups -OCH3 is 2. The molecule has 0 radical (unpaired) electrons. The lowest BCUT2D eigenvalue weighted by Crippen LogP contribution is -2.30. The fraction of sp³-hybridized carbons (Fsp3) is 0.0667. The fourth-order valence-corrected chi connectivity index (χ4v) is 6.92. The Labute approximate surface area is 327 Å². The lowest BCUT2D eigenvalue weighted by Gasteiger charge is -2.18. The molecule has 11 heteroatoms. The number of para-hydroxylation sites is 2. The molecule has 1 aromatic heterocycles. The van der Waals surface area contributed by atoms with E-state index in [1.165, 1.54) is 32.1 Å². The monoisotopic (exact) mass is 760 g/mol. The molecule has 3 amide bonds. The third-order valence-corrected chi connectivity index (χ3v) is 9.89. The van der Waals surface area contributed by atoms with Gasteiger partial charge in [-0.05, 0) is 96.6 Å². The van der Waals surface area contributed by atoms with E-state index in [2.05, 4.69) is 20.9 Å². The molecular weight excluding hydrogens is 725 g/mol. The second-order valence-corrected chi connectivity index (χ2v) is 13.6. The van der Waals surface area contributed by atoms with Gasteiger partial charge in [-0.25, -0.2) is 4.98 Å². The highest BCUT2D eigenvalue weighted by Gasteiger charge is 2.23. The van der Waals surface area contributed by atoms with Gasteiger partial charge >= 0.3 is 0 Å². The number of carbonyl (C=O) groups is 3. The van der Waals surface area contributed by atoms with Crippen LogP contribution in [0, 0.1) is 0 Å². The molecule has 0 fully saturated rings. The van der Waals surface area contributed by atoms with Crippen LogP contribution in [-0.2, 0) is 9.59 Å². The quantitative estimate of drug-likeness (QED) is 0.0783. The summed E-state index contributed by atoms with van der Waals surface area (Å²) in [5, 5.41) is 8.09. The van der Waals surface area contributed by atoms with Gasteiger partial charge in [0.05, 0.1) is 14.2 Å². The van der Waals surface area contributed by atoms with Gasteiger partial charge in [0.15, 0.2) is 5.58 Å². The van der Waals surface area contributed by atoms with Crippen LogP contribution in [-0.4, -0.2) is 36.9 Å². The van der Waals surface area contributed by atoms with Crippen molar-refractivity contribution in [2.24, 2.45) is 0 Å². The lowest BCUT2D eigenvalue weighted by atomic mass is 10.1. The predicted octanol–water partition coefficient (Wildman–Crippen LogP) is 9.39. The number of amides is 3. The van der Waals surface area contributed by atoms with Crippen molar-refractivity contribution < 1.29 is 28.3 Å². The van der Waals surface area contributed by atoms with Crippen LogP contribution in [0.25, 0.3) is 28.6 Å². The number of oxazole rings is 1. The van der Waals surface area contributed by atoms with Crippen molar-refractivity contribution in [2.75, 3.05) is 24.9 Å². The number of hydrogen-bond acceptors (Lipinski definition) is 8. The van der Waals surface area contributed by atoms with Crippen LogP contribution in [0.3, 0.4) is 0 Å². The van der Waals surface area contributed by atoms with E-state index in [-0.39, 0.29) is 11.6 Å². The fourth-order valence-electron chi connectivity index (χ4n) is 5.83. The van der Waals surface area contributed by atoms with Crippen LogP contribution in [0.2, 0.25) is 0 Å². The smallest absolute Gasteiger partial charge is 0.272 e. The number of ether oxygens (including phenoxy) is 2. The molecule has 56 heavy (non-hydrogen) atoms. The Morgan fingerprint density at radius 2 is 1.45 bits per heavy atom. The van der Waals surface area contributed by atoms with Crippen LogP contribution >= 0.6 is 11.8 Å². The number of thioether (sulfide) groups is 1. The van der Waals surface area contributed by atoms with E-state index in [0.717, 1.165) is 21.5 Å². The summed E-state index contributed by atoms with van der Waals surface area (Å²) in [6, 6.07) is 45.3. The normalized spacial score (nSPS) is 11.7. The molecule has 1 atom stereocenters. The maximum absolute atomic E-state index is 13.9. The molecule has 0 aliphatic carbocycles.